The minimum atomic E-state index is 0.493. The van der Waals surface area contributed by atoms with Gasteiger partial charge < -0.3 is 4.90 Å². The van der Waals surface area contributed by atoms with E-state index in [0.29, 0.717) is 5.92 Å². The molecule has 1 aliphatic rings. The van der Waals surface area contributed by atoms with Crippen LogP contribution >= 0.6 is 0 Å². The molecule has 2 rings (SSSR count). The zero-order valence-corrected chi connectivity index (χ0v) is 11.2. The van der Waals surface area contributed by atoms with Crippen molar-refractivity contribution < 1.29 is 0 Å². The fraction of sp³-hybridized carbons (Fsp3) is 0.600. The molecule has 3 nitrogen and oxygen atoms in total. The van der Waals surface area contributed by atoms with Crippen LogP contribution in [0.2, 0.25) is 0 Å². The molecule has 1 aromatic heterocycles. The first kappa shape index (κ1) is 13.1. The number of likely N-dealkylation sites (N-methyl/N-ethyl adjacent to an activating group) is 1. The van der Waals surface area contributed by atoms with Crippen LogP contribution in [-0.4, -0.2) is 29.3 Å². The highest BCUT2D eigenvalue weighted by Gasteiger charge is 2.20. The molecule has 1 saturated carbocycles. The number of amidine groups is 1. The second-order valence-electron chi connectivity index (χ2n) is 5.21. The Hall–Kier alpha value is -1.38. The number of nitrogens with one attached hydrogen (secondary N) is 1. The van der Waals surface area contributed by atoms with Crippen molar-refractivity contribution in [2.45, 2.75) is 38.5 Å². The summed E-state index contributed by atoms with van der Waals surface area (Å²) in [5.74, 6) is 1.32. The van der Waals surface area contributed by atoms with Crippen LogP contribution < -0.4 is 0 Å². The summed E-state index contributed by atoms with van der Waals surface area (Å²) in [4.78, 5) is 6.43. The van der Waals surface area contributed by atoms with E-state index in [0.717, 1.165) is 24.5 Å². The van der Waals surface area contributed by atoms with E-state index in [2.05, 4.69) is 16.0 Å². The van der Waals surface area contributed by atoms with Gasteiger partial charge in [0.25, 0.3) is 0 Å². The molecule has 3 heteroatoms. The maximum absolute atomic E-state index is 8.26. The topological polar surface area (TPSA) is 40.0 Å². The molecule has 98 valence electrons. The van der Waals surface area contributed by atoms with E-state index in [-0.39, 0.29) is 0 Å². The van der Waals surface area contributed by atoms with Gasteiger partial charge in [-0.2, -0.15) is 0 Å². The molecule has 18 heavy (non-hydrogen) atoms. The summed E-state index contributed by atoms with van der Waals surface area (Å²) in [7, 11) is 2.04. The number of nitrogens with zero attached hydrogens (tertiary/aromatic N) is 2. The molecule has 0 spiro atoms. The van der Waals surface area contributed by atoms with Crippen molar-refractivity contribution in [3.8, 4) is 0 Å². The first-order valence-corrected chi connectivity index (χ1v) is 6.97. The van der Waals surface area contributed by atoms with Crippen molar-refractivity contribution in [1.82, 2.24) is 9.88 Å². The molecular formula is C15H23N3. The van der Waals surface area contributed by atoms with Crippen molar-refractivity contribution in [2.75, 3.05) is 13.6 Å². The third-order valence-corrected chi connectivity index (χ3v) is 3.83. The summed E-state index contributed by atoms with van der Waals surface area (Å²) in [6.07, 6.45) is 9.09. The van der Waals surface area contributed by atoms with E-state index in [1.165, 1.54) is 32.1 Å². The highest BCUT2D eigenvalue weighted by Crippen LogP contribution is 2.25. The molecule has 1 aliphatic carbocycles. The zero-order valence-electron chi connectivity index (χ0n) is 11.2. The van der Waals surface area contributed by atoms with Gasteiger partial charge in [0, 0.05) is 37.8 Å². The van der Waals surface area contributed by atoms with Crippen molar-refractivity contribution in [3.05, 3.63) is 30.1 Å². The maximum atomic E-state index is 8.26. The van der Waals surface area contributed by atoms with E-state index in [9.17, 15) is 0 Å². The number of hydrogen-bond donors (Lipinski definition) is 1. The third kappa shape index (κ3) is 3.56. The lowest BCUT2D eigenvalue weighted by molar-refractivity contribution is 0.386. The summed E-state index contributed by atoms with van der Waals surface area (Å²) in [6, 6.07) is 6.02. The summed E-state index contributed by atoms with van der Waals surface area (Å²) in [5.41, 5.74) is 1.11. The van der Waals surface area contributed by atoms with Gasteiger partial charge in [0.05, 0.1) is 5.84 Å². The van der Waals surface area contributed by atoms with Gasteiger partial charge in [0.1, 0.15) is 0 Å². The number of pyridine rings is 1. The smallest absolute Gasteiger partial charge is 0.0986 e. The quantitative estimate of drug-likeness (QED) is 0.654. The molecule has 0 unspecified atom stereocenters. The Morgan fingerprint density at radius 2 is 2.11 bits per heavy atom. The molecule has 0 aromatic carbocycles. The van der Waals surface area contributed by atoms with Gasteiger partial charge in [0.2, 0.25) is 0 Å². The molecule has 0 atom stereocenters. The van der Waals surface area contributed by atoms with Gasteiger partial charge in [-0.15, -0.1) is 0 Å². The average Bonchev–Trinajstić information content (AvgIpc) is 2.46. The fourth-order valence-electron chi connectivity index (χ4n) is 2.64. The van der Waals surface area contributed by atoms with Gasteiger partial charge in [-0.05, 0) is 25.0 Å². The molecule has 1 fully saturated rings. The first-order valence-electron chi connectivity index (χ1n) is 6.97. The second-order valence-corrected chi connectivity index (χ2v) is 5.21. The molecule has 1 N–H and O–H groups in total. The SMILES string of the molecule is CN(CCc1ccccn1)C(=N)C1CCCCC1. The van der Waals surface area contributed by atoms with Gasteiger partial charge in [-0.1, -0.05) is 25.3 Å². The van der Waals surface area contributed by atoms with Crippen molar-refractivity contribution in [1.29, 1.82) is 5.41 Å². The number of hydrogen-bond acceptors (Lipinski definition) is 2. The van der Waals surface area contributed by atoms with Crippen molar-refractivity contribution in [2.24, 2.45) is 5.92 Å². The van der Waals surface area contributed by atoms with Crippen LogP contribution in [0.1, 0.15) is 37.8 Å². The Kier molecular flexibility index (Phi) is 4.73. The minimum Gasteiger partial charge on any atom is -0.363 e. The minimum absolute atomic E-state index is 0.493. The Morgan fingerprint density at radius 3 is 2.78 bits per heavy atom. The molecule has 0 bridgehead atoms. The fourth-order valence-corrected chi connectivity index (χ4v) is 2.64. The highest BCUT2D eigenvalue weighted by atomic mass is 15.1. The third-order valence-electron chi connectivity index (χ3n) is 3.83. The average molecular weight is 245 g/mol. The van der Waals surface area contributed by atoms with Gasteiger partial charge in [-0.3, -0.25) is 10.4 Å². The Balaban J connectivity index is 1.80. The molecular weight excluding hydrogens is 222 g/mol. The standard InChI is InChI=1S/C15H23N3/c1-18(12-10-14-9-5-6-11-17-14)15(16)13-7-3-2-4-8-13/h5-6,9,11,13,16H,2-4,7-8,10,12H2,1H3. The summed E-state index contributed by atoms with van der Waals surface area (Å²) < 4.78 is 0. The lowest BCUT2D eigenvalue weighted by atomic mass is 9.88. The van der Waals surface area contributed by atoms with E-state index in [4.69, 9.17) is 5.41 Å². The monoisotopic (exact) mass is 245 g/mol. The molecule has 0 aliphatic heterocycles. The van der Waals surface area contributed by atoms with Crippen LogP contribution in [-0.2, 0) is 6.42 Å². The van der Waals surface area contributed by atoms with Crippen LogP contribution in [0.4, 0.5) is 0 Å². The van der Waals surface area contributed by atoms with Gasteiger partial charge >= 0.3 is 0 Å². The highest BCUT2D eigenvalue weighted by molar-refractivity contribution is 5.81. The molecule has 1 heterocycles. The predicted molar refractivity (Wildman–Crippen MR) is 74.9 cm³/mol. The Labute approximate surface area is 110 Å². The predicted octanol–water partition coefficient (Wildman–Crippen LogP) is 3.11. The molecule has 0 radical (unpaired) electrons. The Bertz CT molecular complexity index is 369. The van der Waals surface area contributed by atoms with E-state index >= 15 is 0 Å². The Morgan fingerprint density at radius 1 is 1.33 bits per heavy atom. The normalized spacial score (nSPS) is 16.5. The molecule has 0 amide bonds. The van der Waals surface area contributed by atoms with Crippen LogP contribution in [0.25, 0.3) is 0 Å². The molecule has 1 aromatic rings. The lowest BCUT2D eigenvalue weighted by Gasteiger charge is -2.29. The summed E-state index contributed by atoms with van der Waals surface area (Å²) >= 11 is 0. The summed E-state index contributed by atoms with van der Waals surface area (Å²) in [6.45, 7) is 0.895. The van der Waals surface area contributed by atoms with E-state index in [1.807, 2.05) is 25.4 Å². The number of rotatable bonds is 4. The van der Waals surface area contributed by atoms with Crippen LogP contribution in [0.5, 0.6) is 0 Å². The van der Waals surface area contributed by atoms with E-state index in [1.54, 1.807) is 0 Å². The summed E-state index contributed by atoms with van der Waals surface area (Å²) in [5, 5.41) is 8.26. The first-order chi connectivity index (χ1) is 8.77. The van der Waals surface area contributed by atoms with Crippen molar-refractivity contribution >= 4 is 5.84 Å². The van der Waals surface area contributed by atoms with Gasteiger partial charge in [-0.25, -0.2) is 0 Å². The lowest BCUT2D eigenvalue weighted by Crippen LogP contribution is -2.34. The largest absolute Gasteiger partial charge is 0.363 e. The second kappa shape index (κ2) is 6.53. The van der Waals surface area contributed by atoms with Crippen molar-refractivity contribution in [3.63, 3.8) is 0 Å². The van der Waals surface area contributed by atoms with Gasteiger partial charge in [0.15, 0.2) is 0 Å². The van der Waals surface area contributed by atoms with E-state index < -0.39 is 0 Å². The zero-order chi connectivity index (χ0) is 12.8. The molecule has 0 saturated heterocycles. The van der Waals surface area contributed by atoms with Crippen LogP contribution in [0, 0.1) is 11.3 Å². The van der Waals surface area contributed by atoms with Crippen LogP contribution in [0.3, 0.4) is 0 Å². The van der Waals surface area contributed by atoms with Crippen LogP contribution in [0.15, 0.2) is 24.4 Å². The maximum Gasteiger partial charge on any atom is 0.0986 e. The number of aromatic nitrogens is 1.